The van der Waals surface area contributed by atoms with Crippen molar-refractivity contribution >= 4 is 18.0 Å². The molecule has 0 spiro atoms. The molecule has 7 heteroatoms. The highest BCUT2D eigenvalue weighted by atomic mass is 16.5. The van der Waals surface area contributed by atoms with E-state index in [4.69, 9.17) is 4.74 Å². The van der Waals surface area contributed by atoms with Crippen molar-refractivity contribution in [1.82, 2.24) is 10.2 Å². The van der Waals surface area contributed by atoms with E-state index in [0.717, 1.165) is 12.8 Å². The molecule has 2 N–H and O–H groups in total. The van der Waals surface area contributed by atoms with Crippen LogP contribution in [0.15, 0.2) is 48.5 Å². The fraction of sp³-hybridized carbons (Fsp3) is 0.464. The van der Waals surface area contributed by atoms with Gasteiger partial charge in [-0.2, -0.15) is 0 Å². The third-order valence-electron chi connectivity index (χ3n) is 7.85. The van der Waals surface area contributed by atoms with E-state index in [2.05, 4.69) is 29.6 Å². The molecule has 1 saturated carbocycles. The fourth-order valence-corrected chi connectivity index (χ4v) is 6.13. The number of carboxylic acids is 1. The van der Waals surface area contributed by atoms with Crippen LogP contribution >= 0.6 is 0 Å². The molecule has 184 valence electrons. The molecule has 2 amide bonds. The molecule has 0 aromatic heterocycles. The number of benzene rings is 2. The maximum atomic E-state index is 12.7. The summed E-state index contributed by atoms with van der Waals surface area (Å²) in [6, 6.07) is 16.3. The van der Waals surface area contributed by atoms with Crippen LogP contribution in [0.25, 0.3) is 11.1 Å². The number of ether oxygens (including phenoxy) is 1. The predicted molar refractivity (Wildman–Crippen MR) is 131 cm³/mol. The highest BCUT2D eigenvalue weighted by molar-refractivity contribution is 5.80. The number of unbranched alkanes of at least 4 members (excludes halogenated alkanes) is 1. The zero-order valence-electron chi connectivity index (χ0n) is 19.8. The number of piperidine rings is 2. The molecule has 2 aliphatic heterocycles. The lowest BCUT2D eigenvalue weighted by molar-refractivity contribution is -0.155. The van der Waals surface area contributed by atoms with E-state index < -0.39 is 18.0 Å². The maximum absolute atomic E-state index is 12.7. The van der Waals surface area contributed by atoms with Crippen molar-refractivity contribution in [3.63, 3.8) is 0 Å². The lowest BCUT2D eigenvalue weighted by Gasteiger charge is -2.48. The first-order chi connectivity index (χ1) is 17.0. The van der Waals surface area contributed by atoms with Gasteiger partial charge in [-0.3, -0.25) is 9.59 Å². The van der Waals surface area contributed by atoms with Crippen LogP contribution in [0.4, 0.5) is 4.79 Å². The number of hydrogen-bond acceptors (Lipinski definition) is 4. The number of carbonyl (C=O) groups is 3. The molecular formula is C28H32N2O5. The molecule has 3 atom stereocenters. The van der Waals surface area contributed by atoms with Crippen LogP contribution in [0.1, 0.15) is 55.6 Å². The van der Waals surface area contributed by atoms with Gasteiger partial charge in [-0.1, -0.05) is 48.5 Å². The Balaban J connectivity index is 1.04. The molecule has 7 nitrogen and oxygen atoms in total. The molecule has 2 aromatic rings. The average molecular weight is 477 g/mol. The minimum absolute atomic E-state index is 0.0280. The van der Waals surface area contributed by atoms with E-state index in [0.29, 0.717) is 44.7 Å². The van der Waals surface area contributed by atoms with E-state index in [-0.39, 0.29) is 24.5 Å². The van der Waals surface area contributed by atoms with Crippen molar-refractivity contribution in [2.75, 3.05) is 19.7 Å². The lowest BCUT2D eigenvalue weighted by atomic mass is 9.72. The van der Waals surface area contributed by atoms with Gasteiger partial charge < -0.3 is 20.1 Å². The minimum Gasteiger partial charge on any atom is -0.481 e. The molecule has 4 aliphatic rings. The second-order valence-corrected chi connectivity index (χ2v) is 9.95. The molecule has 2 aromatic carbocycles. The van der Waals surface area contributed by atoms with Gasteiger partial charge in [0.15, 0.2) is 0 Å². The fourth-order valence-electron chi connectivity index (χ4n) is 6.13. The minimum atomic E-state index is -0.788. The number of carbonyl (C=O) groups excluding carboxylic acids is 2. The molecular weight excluding hydrogens is 444 g/mol. The second kappa shape index (κ2) is 10.1. The van der Waals surface area contributed by atoms with Crippen molar-refractivity contribution < 1.29 is 24.2 Å². The van der Waals surface area contributed by atoms with E-state index in [1.807, 2.05) is 24.3 Å². The third kappa shape index (κ3) is 4.77. The monoisotopic (exact) mass is 476 g/mol. The molecule has 6 rings (SSSR count). The Morgan fingerprint density at radius 2 is 1.66 bits per heavy atom. The van der Waals surface area contributed by atoms with Crippen molar-refractivity contribution in [1.29, 1.82) is 0 Å². The van der Waals surface area contributed by atoms with Crippen LogP contribution in [-0.4, -0.2) is 53.7 Å². The van der Waals surface area contributed by atoms with Gasteiger partial charge in [-0.25, -0.2) is 4.79 Å². The Kier molecular flexibility index (Phi) is 6.75. The zero-order valence-corrected chi connectivity index (χ0v) is 19.8. The average Bonchev–Trinajstić information content (AvgIpc) is 3.21. The number of alkyl carbamates (subject to hydrolysis) is 1. The van der Waals surface area contributed by atoms with Gasteiger partial charge in [0.25, 0.3) is 0 Å². The number of hydrogen-bond donors (Lipinski definition) is 2. The standard InChI is InChI=1S/C28H32N2O5/c31-26(30-16-18-12-13-25(30)23(15-18)27(32)33)11-5-6-14-29-28(34)35-17-24-21-9-3-1-7-19(21)20-8-2-4-10-22(20)24/h1-4,7-10,18,23-25H,5-6,11-17H2,(H,29,34)(H,32,33). The first-order valence-corrected chi connectivity index (χ1v) is 12.6. The molecule has 3 fully saturated rings. The second-order valence-electron chi connectivity index (χ2n) is 9.95. The Labute approximate surface area is 205 Å². The summed E-state index contributed by atoms with van der Waals surface area (Å²) < 4.78 is 5.55. The van der Waals surface area contributed by atoms with Gasteiger partial charge >= 0.3 is 12.1 Å². The van der Waals surface area contributed by atoms with E-state index >= 15 is 0 Å². The molecule has 2 heterocycles. The summed E-state index contributed by atoms with van der Waals surface area (Å²) in [6.07, 6.45) is 3.74. The number of rotatable bonds is 8. The van der Waals surface area contributed by atoms with Crippen molar-refractivity contribution in [3.8, 4) is 11.1 Å². The maximum Gasteiger partial charge on any atom is 0.407 e. The van der Waals surface area contributed by atoms with Crippen LogP contribution < -0.4 is 5.32 Å². The summed E-state index contributed by atoms with van der Waals surface area (Å²) in [5.41, 5.74) is 4.74. The molecule has 3 unspecified atom stereocenters. The summed E-state index contributed by atoms with van der Waals surface area (Å²) in [4.78, 5) is 38.4. The highest BCUT2D eigenvalue weighted by Crippen LogP contribution is 2.44. The number of fused-ring (bicyclic) bond motifs is 6. The number of nitrogens with zero attached hydrogens (tertiary/aromatic N) is 1. The summed E-state index contributed by atoms with van der Waals surface area (Å²) in [7, 11) is 0. The van der Waals surface area contributed by atoms with Crippen LogP contribution in [-0.2, 0) is 14.3 Å². The SMILES string of the molecule is O=C(NCCCCC(=O)N1CC2CCC1C(C(=O)O)C2)OCC1c2ccccc2-c2ccccc21. The van der Waals surface area contributed by atoms with E-state index in [1.54, 1.807) is 4.90 Å². The first-order valence-electron chi connectivity index (χ1n) is 12.6. The van der Waals surface area contributed by atoms with Crippen molar-refractivity contribution in [2.45, 2.75) is 50.5 Å². The third-order valence-corrected chi connectivity index (χ3v) is 7.85. The van der Waals surface area contributed by atoms with Gasteiger partial charge in [0.2, 0.25) is 5.91 Å². The van der Waals surface area contributed by atoms with Gasteiger partial charge in [-0.05, 0) is 60.3 Å². The highest BCUT2D eigenvalue weighted by Gasteiger charge is 2.45. The Hall–Kier alpha value is -3.35. The van der Waals surface area contributed by atoms with Gasteiger partial charge in [0.05, 0.1) is 5.92 Å². The number of carboxylic acid groups (broad SMARTS) is 1. The zero-order chi connectivity index (χ0) is 24.4. The summed E-state index contributed by atoms with van der Waals surface area (Å²) >= 11 is 0. The molecule has 2 saturated heterocycles. The van der Waals surface area contributed by atoms with Crippen molar-refractivity contribution in [2.24, 2.45) is 11.8 Å². The normalized spacial score (nSPS) is 22.4. The molecule has 0 radical (unpaired) electrons. The topological polar surface area (TPSA) is 95.9 Å². The Morgan fingerprint density at radius 1 is 0.971 bits per heavy atom. The smallest absolute Gasteiger partial charge is 0.407 e. The van der Waals surface area contributed by atoms with Crippen LogP contribution in [0, 0.1) is 11.8 Å². The quantitative estimate of drug-likeness (QED) is 0.551. The number of nitrogens with one attached hydrogen (secondary N) is 1. The van der Waals surface area contributed by atoms with Gasteiger partial charge in [0.1, 0.15) is 6.61 Å². The van der Waals surface area contributed by atoms with E-state index in [9.17, 15) is 19.5 Å². The van der Waals surface area contributed by atoms with Crippen LogP contribution in [0.2, 0.25) is 0 Å². The number of amides is 2. The molecule has 2 aliphatic carbocycles. The summed E-state index contributed by atoms with van der Waals surface area (Å²) in [5.74, 6) is -0.849. The summed E-state index contributed by atoms with van der Waals surface area (Å²) in [6.45, 7) is 1.40. The van der Waals surface area contributed by atoms with E-state index in [1.165, 1.54) is 22.3 Å². The lowest BCUT2D eigenvalue weighted by Crippen LogP contribution is -2.57. The van der Waals surface area contributed by atoms with Crippen molar-refractivity contribution in [3.05, 3.63) is 59.7 Å². The predicted octanol–water partition coefficient (Wildman–Crippen LogP) is 4.41. The van der Waals surface area contributed by atoms with Crippen LogP contribution in [0.3, 0.4) is 0 Å². The summed E-state index contributed by atoms with van der Waals surface area (Å²) in [5, 5.41) is 12.3. The van der Waals surface area contributed by atoms with Crippen LogP contribution in [0.5, 0.6) is 0 Å². The largest absolute Gasteiger partial charge is 0.481 e. The first kappa shape index (κ1) is 23.4. The molecule has 35 heavy (non-hydrogen) atoms. The Bertz CT molecular complexity index is 1070. The van der Waals surface area contributed by atoms with Gasteiger partial charge in [-0.15, -0.1) is 0 Å². The molecule has 2 bridgehead atoms. The Morgan fingerprint density at radius 3 is 2.31 bits per heavy atom. The number of aliphatic carboxylic acids is 1. The van der Waals surface area contributed by atoms with Gasteiger partial charge in [0, 0.05) is 31.5 Å².